The first-order chi connectivity index (χ1) is 9.81. The molecule has 2 unspecified atom stereocenters. The van der Waals surface area contributed by atoms with Gasteiger partial charge in [0, 0.05) is 38.2 Å². The molecule has 2 aliphatic rings. The number of nitrogens with one attached hydrogen (secondary N) is 1. The molecule has 2 atom stereocenters. The topological polar surface area (TPSA) is 33.7 Å². The van der Waals surface area contributed by atoms with E-state index in [1.165, 1.54) is 6.42 Å². The predicted octanol–water partition coefficient (Wildman–Crippen LogP) is 2.28. The fourth-order valence-corrected chi connectivity index (χ4v) is 3.98. The number of morpholine rings is 1. The molecular weight excluding hydrogens is 264 g/mol. The highest BCUT2D eigenvalue weighted by Gasteiger charge is 2.39. The second-order valence-corrected chi connectivity index (χ2v) is 7.98. The van der Waals surface area contributed by atoms with Gasteiger partial charge in [-0.25, -0.2) is 0 Å². The Bertz CT molecular complexity index is 315. The van der Waals surface area contributed by atoms with Crippen molar-refractivity contribution in [2.45, 2.75) is 64.7 Å². The maximum atomic E-state index is 6.18. The molecule has 4 nitrogen and oxygen atoms in total. The molecule has 0 saturated carbocycles. The lowest BCUT2D eigenvalue weighted by Crippen LogP contribution is -2.59. The van der Waals surface area contributed by atoms with Crippen LogP contribution in [0.1, 0.15) is 47.5 Å². The average molecular weight is 298 g/mol. The van der Waals surface area contributed by atoms with Crippen LogP contribution in [0.3, 0.4) is 0 Å². The van der Waals surface area contributed by atoms with Gasteiger partial charge in [-0.15, -0.1) is 0 Å². The molecule has 21 heavy (non-hydrogen) atoms. The summed E-state index contributed by atoms with van der Waals surface area (Å²) >= 11 is 0. The van der Waals surface area contributed by atoms with Crippen LogP contribution in [-0.4, -0.2) is 61.5 Å². The summed E-state index contributed by atoms with van der Waals surface area (Å²) in [5.41, 5.74) is -0.132. The molecule has 0 aromatic heterocycles. The van der Waals surface area contributed by atoms with Crippen LogP contribution in [0.15, 0.2) is 0 Å². The van der Waals surface area contributed by atoms with E-state index >= 15 is 0 Å². The number of nitrogens with zero attached hydrogens (tertiary/aromatic N) is 1. The van der Waals surface area contributed by atoms with E-state index < -0.39 is 0 Å². The van der Waals surface area contributed by atoms with Crippen LogP contribution in [0.5, 0.6) is 0 Å². The summed E-state index contributed by atoms with van der Waals surface area (Å²) in [5, 5.41) is 3.71. The zero-order valence-corrected chi connectivity index (χ0v) is 14.6. The summed E-state index contributed by atoms with van der Waals surface area (Å²) in [6, 6.07) is 0.604. The van der Waals surface area contributed by atoms with Crippen LogP contribution in [-0.2, 0) is 9.47 Å². The smallest absolute Gasteiger partial charge is 0.0760 e. The Morgan fingerprint density at radius 2 is 1.81 bits per heavy atom. The van der Waals surface area contributed by atoms with Gasteiger partial charge in [-0.2, -0.15) is 0 Å². The van der Waals surface area contributed by atoms with Crippen molar-refractivity contribution >= 4 is 0 Å². The molecule has 124 valence electrons. The fourth-order valence-electron chi connectivity index (χ4n) is 3.98. The van der Waals surface area contributed by atoms with Crippen LogP contribution in [0.4, 0.5) is 0 Å². The highest BCUT2D eigenvalue weighted by Crippen LogP contribution is 2.29. The van der Waals surface area contributed by atoms with E-state index in [0.717, 1.165) is 45.8 Å². The molecule has 0 spiro atoms. The maximum absolute atomic E-state index is 6.18. The molecule has 0 aliphatic carbocycles. The first-order valence-corrected chi connectivity index (χ1v) is 8.55. The van der Waals surface area contributed by atoms with Crippen molar-refractivity contribution in [3.05, 3.63) is 0 Å². The van der Waals surface area contributed by atoms with E-state index in [9.17, 15) is 0 Å². The molecule has 0 radical (unpaired) electrons. The molecule has 0 aromatic rings. The number of ether oxygens (including phenoxy) is 2. The number of rotatable bonds is 5. The lowest BCUT2D eigenvalue weighted by molar-refractivity contribution is -0.184. The minimum Gasteiger partial charge on any atom is -0.381 e. The van der Waals surface area contributed by atoms with Gasteiger partial charge in [-0.3, -0.25) is 4.90 Å². The SMILES string of the molecule is CCCNC1CCOCC1CN1CC(C)(C)OC(C)(C)C1. The van der Waals surface area contributed by atoms with Crippen molar-refractivity contribution in [2.24, 2.45) is 5.92 Å². The first kappa shape index (κ1) is 17.2. The van der Waals surface area contributed by atoms with Crippen molar-refractivity contribution in [3.63, 3.8) is 0 Å². The third-order valence-electron chi connectivity index (χ3n) is 4.38. The zero-order chi connectivity index (χ0) is 15.5. The molecule has 0 amide bonds. The van der Waals surface area contributed by atoms with Gasteiger partial charge in [0.05, 0.1) is 17.8 Å². The standard InChI is InChI=1S/C17H34N2O2/c1-6-8-18-15-7-9-20-11-14(15)10-19-12-16(2,3)21-17(4,5)13-19/h14-15,18H,6-13H2,1-5H3. The minimum atomic E-state index is -0.0659. The zero-order valence-electron chi connectivity index (χ0n) is 14.6. The van der Waals surface area contributed by atoms with Gasteiger partial charge in [0.2, 0.25) is 0 Å². The Labute approximate surface area is 130 Å². The van der Waals surface area contributed by atoms with Crippen LogP contribution in [0, 0.1) is 5.92 Å². The molecule has 4 heteroatoms. The Morgan fingerprint density at radius 3 is 2.43 bits per heavy atom. The van der Waals surface area contributed by atoms with Crippen LogP contribution < -0.4 is 5.32 Å². The summed E-state index contributed by atoms with van der Waals surface area (Å²) in [7, 11) is 0. The summed E-state index contributed by atoms with van der Waals surface area (Å²) in [5.74, 6) is 0.593. The molecule has 1 N–H and O–H groups in total. The summed E-state index contributed by atoms with van der Waals surface area (Å²) in [6.45, 7) is 17.1. The Balaban J connectivity index is 1.94. The molecule has 2 rings (SSSR count). The van der Waals surface area contributed by atoms with Crippen LogP contribution >= 0.6 is 0 Å². The van der Waals surface area contributed by atoms with Crippen molar-refractivity contribution in [3.8, 4) is 0 Å². The third-order valence-corrected chi connectivity index (χ3v) is 4.38. The molecule has 0 aromatic carbocycles. The monoisotopic (exact) mass is 298 g/mol. The van der Waals surface area contributed by atoms with Gasteiger partial charge in [-0.1, -0.05) is 6.92 Å². The molecule has 2 aliphatic heterocycles. The molecule has 2 fully saturated rings. The quantitative estimate of drug-likeness (QED) is 0.844. The van der Waals surface area contributed by atoms with Gasteiger partial charge >= 0.3 is 0 Å². The third kappa shape index (κ3) is 5.20. The summed E-state index contributed by atoms with van der Waals surface area (Å²) in [4.78, 5) is 2.57. The number of hydrogen-bond donors (Lipinski definition) is 1. The first-order valence-electron chi connectivity index (χ1n) is 8.55. The lowest BCUT2D eigenvalue weighted by Gasteiger charge is -2.48. The molecule has 0 bridgehead atoms. The lowest BCUT2D eigenvalue weighted by atomic mass is 9.92. The van der Waals surface area contributed by atoms with Crippen LogP contribution in [0.2, 0.25) is 0 Å². The number of hydrogen-bond acceptors (Lipinski definition) is 4. The van der Waals surface area contributed by atoms with Gasteiger partial charge < -0.3 is 14.8 Å². The molecule has 2 heterocycles. The molecule has 2 saturated heterocycles. The fraction of sp³-hybridized carbons (Fsp3) is 1.00. The van der Waals surface area contributed by atoms with Gasteiger partial charge in [0.1, 0.15) is 0 Å². The Hall–Kier alpha value is -0.160. The van der Waals surface area contributed by atoms with Crippen LogP contribution in [0.25, 0.3) is 0 Å². The van der Waals surface area contributed by atoms with Gasteiger partial charge in [0.25, 0.3) is 0 Å². The minimum absolute atomic E-state index is 0.0659. The maximum Gasteiger partial charge on any atom is 0.0760 e. The van der Waals surface area contributed by atoms with E-state index in [-0.39, 0.29) is 11.2 Å². The highest BCUT2D eigenvalue weighted by molar-refractivity contribution is 4.91. The highest BCUT2D eigenvalue weighted by atomic mass is 16.5. The van der Waals surface area contributed by atoms with Crippen molar-refractivity contribution in [1.29, 1.82) is 0 Å². The van der Waals surface area contributed by atoms with Gasteiger partial charge in [-0.05, 0) is 47.1 Å². The van der Waals surface area contributed by atoms with E-state index in [2.05, 4.69) is 44.8 Å². The van der Waals surface area contributed by atoms with Crippen molar-refractivity contribution < 1.29 is 9.47 Å². The van der Waals surface area contributed by atoms with Gasteiger partial charge in [0.15, 0.2) is 0 Å². The molecular formula is C17H34N2O2. The largest absolute Gasteiger partial charge is 0.381 e. The van der Waals surface area contributed by atoms with Crippen molar-refractivity contribution in [1.82, 2.24) is 10.2 Å². The van der Waals surface area contributed by atoms with E-state index in [1.54, 1.807) is 0 Å². The van der Waals surface area contributed by atoms with Crippen molar-refractivity contribution in [2.75, 3.05) is 39.4 Å². The second-order valence-electron chi connectivity index (χ2n) is 7.98. The summed E-state index contributed by atoms with van der Waals surface area (Å²) < 4.78 is 11.9. The Kier molecular flexibility index (Phi) is 5.69. The predicted molar refractivity (Wildman–Crippen MR) is 86.7 cm³/mol. The second kappa shape index (κ2) is 6.95. The average Bonchev–Trinajstić information content (AvgIpc) is 2.34. The Morgan fingerprint density at radius 1 is 1.14 bits per heavy atom. The van der Waals surface area contributed by atoms with E-state index in [1.807, 2.05) is 0 Å². The summed E-state index contributed by atoms with van der Waals surface area (Å²) in [6.07, 6.45) is 2.34. The van der Waals surface area contributed by atoms with E-state index in [4.69, 9.17) is 9.47 Å². The van der Waals surface area contributed by atoms with E-state index in [0.29, 0.717) is 12.0 Å². The normalized spacial score (nSPS) is 33.0.